The summed E-state index contributed by atoms with van der Waals surface area (Å²) < 4.78 is 2.02. The monoisotopic (exact) mass is 284 g/mol. The summed E-state index contributed by atoms with van der Waals surface area (Å²) in [5.74, 6) is 1.72. The van der Waals surface area contributed by atoms with Gasteiger partial charge in [-0.05, 0) is 36.1 Å². The lowest BCUT2D eigenvalue weighted by molar-refractivity contribution is 0.890. The van der Waals surface area contributed by atoms with Gasteiger partial charge in [0.25, 0.3) is 0 Å². The van der Waals surface area contributed by atoms with Gasteiger partial charge in [0, 0.05) is 30.7 Å². The predicted octanol–water partition coefficient (Wildman–Crippen LogP) is 3.62. The maximum absolute atomic E-state index is 4.32. The van der Waals surface area contributed by atoms with Gasteiger partial charge in [-0.2, -0.15) is 11.3 Å². The SMILES string of the molecule is Cc1cccc(N(C)c2nnc(-c3ccsc3)n2C)c1. The Morgan fingerprint density at radius 3 is 2.75 bits per heavy atom. The highest BCUT2D eigenvalue weighted by molar-refractivity contribution is 7.08. The van der Waals surface area contributed by atoms with Gasteiger partial charge in [-0.25, -0.2) is 0 Å². The highest BCUT2D eigenvalue weighted by Gasteiger charge is 2.15. The molecule has 102 valence electrons. The molecule has 0 spiro atoms. The van der Waals surface area contributed by atoms with Crippen LogP contribution < -0.4 is 4.90 Å². The largest absolute Gasteiger partial charge is 0.314 e. The quantitative estimate of drug-likeness (QED) is 0.736. The van der Waals surface area contributed by atoms with Crippen LogP contribution in [0.25, 0.3) is 11.4 Å². The third kappa shape index (κ3) is 2.20. The smallest absolute Gasteiger partial charge is 0.231 e. The van der Waals surface area contributed by atoms with E-state index in [-0.39, 0.29) is 0 Å². The molecule has 4 nitrogen and oxygen atoms in total. The lowest BCUT2D eigenvalue weighted by atomic mass is 10.2. The minimum atomic E-state index is 0.830. The van der Waals surface area contributed by atoms with Crippen LogP contribution in [-0.4, -0.2) is 21.8 Å². The lowest BCUT2D eigenvalue weighted by Crippen LogP contribution is -2.14. The second-order valence-corrected chi connectivity index (χ2v) is 5.57. The maximum Gasteiger partial charge on any atom is 0.231 e. The number of rotatable bonds is 3. The molecule has 1 aromatic carbocycles. The van der Waals surface area contributed by atoms with E-state index in [1.54, 1.807) is 11.3 Å². The number of thiophene rings is 1. The Kier molecular flexibility index (Phi) is 3.28. The van der Waals surface area contributed by atoms with Gasteiger partial charge in [-0.15, -0.1) is 10.2 Å². The van der Waals surface area contributed by atoms with Gasteiger partial charge >= 0.3 is 0 Å². The molecule has 2 heterocycles. The topological polar surface area (TPSA) is 34.0 Å². The normalized spacial score (nSPS) is 10.8. The first kappa shape index (κ1) is 12.9. The van der Waals surface area contributed by atoms with Crippen LogP contribution in [0, 0.1) is 6.92 Å². The van der Waals surface area contributed by atoms with Gasteiger partial charge in [0.15, 0.2) is 5.82 Å². The number of benzene rings is 1. The molecule has 0 radical (unpaired) electrons. The van der Waals surface area contributed by atoms with Crippen LogP contribution in [0.15, 0.2) is 41.1 Å². The van der Waals surface area contributed by atoms with Crippen molar-refractivity contribution in [3.8, 4) is 11.4 Å². The molecule has 0 aliphatic rings. The van der Waals surface area contributed by atoms with E-state index in [1.807, 2.05) is 24.0 Å². The van der Waals surface area contributed by atoms with Crippen molar-refractivity contribution in [2.24, 2.45) is 7.05 Å². The second-order valence-electron chi connectivity index (χ2n) is 4.79. The van der Waals surface area contributed by atoms with Gasteiger partial charge in [0.1, 0.15) is 0 Å². The molecule has 2 aromatic heterocycles. The molecule has 0 amide bonds. The molecule has 0 atom stereocenters. The fourth-order valence-corrected chi connectivity index (χ4v) is 2.84. The van der Waals surface area contributed by atoms with E-state index >= 15 is 0 Å². The highest BCUT2D eigenvalue weighted by atomic mass is 32.1. The van der Waals surface area contributed by atoms with Gasteiger partial charge in [-0.3, -0.25) is 4.57 Å². The Hall–Kier alpha value is -2.14. The molecule has 3 rings (SSSR count). The summed E-state index contributed by atoms with van der Waals surface area (Å²) in [6, 6.07) is 10.4. The van der Waals surface area contributed by atoms with E-state index in [2.05, 4.69) is 57.7 Å². The van der Waals surface area contributed by atoms with Crippen LogP contribution in [0.4, 0.5) is 11.6 Å². The molecule has 0 aliphatic carbocycles. The van der Waals surface area contributed by atoms with Crippen LogP contribution in [0.1, 0.15) is 5.56 Å². The number of hydrogen-bond donors (Lipinski definition) is 0. The summed E-state index contributed by atoms with van der Waals surface area (Å²) in [5.41, 5.74) is 3.45. The van der Waals surface area contributed by atoms with E-state index in [4.69, 9.17) is 0 Å². The minimum absolute atomic E-state index is 0.830. The van der Waals surface area contributed by atoms with E-state index in [1.165, 1.54) is 5.56 Å². The first-order valence-corrected chi connectivity index (χ1v) is 7.33. The van der Waals surface area contributed by atoms with Crippen molar-refractivity contribution in [1.82, 2.24) is 14.8 Å². The molecule has 0 saturated heterocycles. The van der Waals surface area contributed by atoms with Crippen molar-refractivity contribution >= 4 is 23.0 Å². The number of nitrogens with zero attached hydrogens (tertiary/aromatic N) is 4. The van der Waals surface area contributed by atoms with E-state index in [0.717, 1.165) is 23.0 Å². The molecular weight excluding hydrogens is 268 g/mol. The zero-order valence-corrected chi connectivity index (χ0v) is 12.6. The molecule has 0 bridgehead atoms. The molecule has 3 aromatic rings. The van der Waals surface area contributed by atoms with Crippen LogP contribution in [-0.2, 0) is 7.05 Å². The average Bonchev–Trinajstić information content (AvgIpc) is 3.07. The summed E-state index contributed by atoms with van der Waals surface area (Å²) in [7, 11) is 4.00. The number of anilines is 2. The lowest BCUT2D eigenvalue weighted by Gasteiger charge is -2.18. The van der Waals surface area contributed by atoms with Crippen molar-refractivity contribution in [2.45, 2.75) is 6.92 Å². The summed E-state index contributed by atoms with van der Waals surface area (Å²) in [4.78, 5) is 2.05. The third-order valence-electron chi connectivity index (χ3n) is 3.32. The van der Waals surface area contributed by atoms with E-state index in [0.29, 0.717) is 0 Å². The van der Waals surface area contributed by atoms with Crippen molar-refractivity contribution in [2.75, 3.05) is 11.9 Å². The average molecular weight is 284 g/mol. The van der Waals surface area contributed by atoms with E-state index < -0.39 is 0 Å². The Morgan fingerprint density at radius 2 is 2.05 bits per heavy atom. The second kappa shape index (κ2) is 5.09. The first-order chi connectivity index (χ1) is 9.66. The van der Waals surface area contributed by atoms with Crippen molar-refractivity contribution in [3.63, 3.8) is 0 Å². The molecule has 5 heteroatoms. The fourth-order valence-electron chi connectivity index (χ4n) is 2.21. The summed E-state index contributed by atoms with van der Waals surface area (Å²) in [5, 5.41) is 12.8. The highest BCUT2D eigenvalue weighted by Crippen LogP contribution is 2.27. The summed E-state index contributed by atoms with van der Waals surface area (Å²) in [6.07, 6.45) is 0. The van der Waals surface area contributed by atoms with Crippen molar-refractivity contribution in [1.29, 1.82) is 0 Å². The maximum atomic E-state index is 4.32. The third-order valence-corrected chi connectivity index (χ3v) is 4.00. The van der Waals surface area contributed by atoms with Crippen LogP contribution in [0.2, 0.25) is 0 Å². The zero-order valence-electron chi connectivity index (χ0n) is 11.7. The Balaban J connectivity index is 1.99. The fraction of sp³-hybridized carbons (Fsp3) is 0.200. The number of aromatic nitrogens is 3. The van der Waals surface area contributed by atoms with Gasteiger partial charge in [0.05, 0.1) is 0 Å². The Bertz CT molecular complexity index is 715. The molecular formula is C15H16N4S. The molecule has 20 heavy (non-hydrogen) atoms. The molecule has 0 saturated carbocycles. The van der Waals surface area contributed by atoms with Gasteiger partial charge < -0.3 is 4.90 Å². The van der Waals surface area contributed by atoms with Gasteiger partial charge in [0.2, 0.25) is 5.95 Å². The predicted molar refractivity (Wildman–Crippen MR) is 83.6 cm³/mol. The van der Waals surface area contributed by atoms with Crippen molar-refractivity contribution < 1.29 is 0 Å². The van der Waals surface area contributed by atoms with Crippen LogP contribution >= 0.6 is 11.3 Å². The molecule has 0 fully saturated rings. The molecule has 0 aliphatic heterocycles. The van der Waals surface area contributed by atoms with Gasteiger partial charge in [-0.1, -0.05) is 12.1 Å². The summed E-state index contributed by atoms with van der Waals surface area (Å²) in [6.45, 7) is 2.09. The summed E-state index contributed by atoms with van der Waals surface area (Å²) >= 11 is 1.66. The van der Waals surface area contributed by atoms with E-state index in [9.17, 15) is 0 Å². The Morgan fingerprint density at radius 1 is 1.20 bits per heavy atom. The molecule has 0 N–H and O–H groups in total. The molecule has 0 unspecified atom stereocenters. The number of hydrogen-bond acceptors (Lipinski definition) is 4. The van der Waals surface area contributed by atoms with Crippen LogP contribution in [0.3, 0.4) is 0 Å². The number of aryl methyl sites for hydroxylation is 1. The van der Waals surface area contributed by atoms with Crippen LogP contribution in [0.5, 0.6) is 0 Å². The zero-order chi connectivity index (χ0) is 14.1. The Labute approximate surface area is 122 Å². The standard InChI is InChI=1S/C15H16N4S/c1-11-5-4-6-13(9-11)18(2)15-17-16-14(19(15)3)12-7-8-20-10-12/h4-10H,1-3H3. The first-order valence-electron chi connectivity index (χ1n) is 6.39. The minimum Gasteiger partial charge on any atom is -0.314 e. The van der Waals surface area contributed by atoms with Crippen molar-refractivity contribution in [3.05, 3.63) is 46.7 Å².